The molecule has 0 aliphatic heterocycles. The van der Waals surface area contributed by atoms with Crippen LogP contribution >= 0.6 is 11.6 Å². The molecular weight excluding hydrogens is 336 g/mol. The Kier molecular flexibility index (Phi) is 3.70. The summed E-state index contributed by atoms with van der Waals surface area (Å²) in [6.07, 6.45) is 8.57. The first-order valence-electron chi connectivity index (χ1n) is 9.49. The Hall–Kier alpha value is -0.930. The number of carbonyl (C=O) groups excluding carboxylic acids is 2. The summed E-state index contributed by atoms with van der Waals surface area (Å²) >= 11 is 6.65. The Bertz CT molecular complexity index is 723. The van der Waals surface area contributed by atoms with Crippen molar-refractivity contribution in [3.8, 4) is 0 Å². The van der Waals surface area contributed by atoms with E-state index in [2.05, 4.69) is 19.9 Å². The number of aliphatic hydroxyl groups is 1. The van der Waals surface area contributed by atoms with Crippen LogP contribution in [0.25, 0.3) is 0 Å². The molecule has 0 aromatic carbocycles. The third-order valence-electron chi connectivity index (χ3n) is 8.29. The van der Waals surface area contributed by atoms with Crippen LogP contribution in [0.4, 0.5) is 0 Å². The summed E-state index contributed by atoms with van der Waals surface area (Å²) in [5, 5.41) is 11.9. The lowest BCUT2D eigenvalue weighted by molar-refractivity contribution is -0.156. The molecular formula is C21H27ClO3. The highest BCUT2D eigenvalue weighted by molar-refractivity contribution is 6.32. The van der Waals surface area contributed by atoms with Crippen molar-refractivity contribution in [1.82, 2.24) is 0 Å². The van der Waals surface area contributed by atoms with Gasteiger partial charge in [-0.15, -0.1) is 0 Å². The van der Waals surface area contributed by atoms with E-state index in [1.54, 1.807) is 6.08 Å². The summed E-state index contributed by atoms with van der Waals surface area (Å²) in [7, 11) is 0. The van der Waals surface area contributed by atoms with E-state index in [1.165, 1.54) is 6.92 Å². The maximum atomic E-state index is 12.2. The number of allylic oxidation sites excluding steroid dienone is 4. The number of hydrogen-bond acceptors (Lipinski definition) is 3. The standard InChI is InChI=1S/C21H27ClO3/c1-12(23)21(25)9-6-16-14-11-18(22)17-10-13(24)4-7-19(17,2)15(14)5-8-20(16,21)3/h10-11,14-16,25H,4-9H2,1-3H3/t14?,15-,16-,19?,20?,21-/m0/s1. The molecule has 0 heterocycles. The topological polar surface area (TPSA) is 54.4 Å². The van der Waals surface area contributed by atoms with Crippen LogP contribution in [0.5, 0.6) is 0 Å². The monoisotopic (exact) mass is 362 g/mol. The third-order valence-corrected chi connectivity index (χ3v) is 8.62. The van der Waals surface area contributed by atoms with Gasteiger partial charge in [0.15, 0.2) is 11.6 Å². The number of carbonyl (C=O) groups is 2. The van der Waals surface area contributed by atoms with Crippen LogP contribution in [0.3, 0.4) is 0 Å². The fourth-order valence-corrected chi connectivity index (χ4v) is 7.08. The molecule has 136 valence electrons. The van der Waals surface area contributed by atoms with E-state index < -0.39 is 5.60 Å². The van der Waals surface area contributed by atoms with Gasteiger partial charge in [0, 0.05) is 16.9 Å². The molecule has 4 heteroatoms. The normalized spacial score (nSPS) is 48.8. The minimum atomic E-state index is -1.21. The molecule has 6 atom stereocenters. The first-order chi connectivity index (χ1) is 11.6. The number of rotatable bonds is 1. The number of halogens is 1. The van der Waals surface area contributed by atoms with E-state index in [1.807, 2.05) is 0 Å². The predicted molar refractivity (Wildman–Crippen MR) is 97.0 cm³/mol. The van der Waals surface area contributed by atoms with Gasteiger partial charge in [0.1, 0.15) is 5.60 Å². The van der Waals surface area contributed by atoms with Gasteiger partial charge in [-0.3, -0.25) is 9.59 Å². The van der Waals surface area contributed by atoms with E-state index in [0.29, 0.717) is 23.8 Å². The zero-order valence-corrected chi connectivity index (χ0v) is 16.0. The van der Waals surface area contributed by atoms with Crippen LogP contribution in [0, 0.1) is 28.6 Å². The van der Waals surface area contributed by atoms with Crippen molar-refractivity contribution >= 4 is 23.2 Å². The van der Waals surface area contributed by atoms with Crippen LogP contribution in [-0.4, -0.2) is 22.3 Å². The van der Waals surface area contributed by atoms with Gasteiger partial charge in [0.25, 0.3) is 0 Å². The van der Waals surface area contributed by atoms with Gasteiger partial charge in [-0.1, -0.05) is 31.5 Å². The molecule has 0 aromatic heterocycles. The molecule has 1 N–H and O–H groups in total. The maximum absolute atomic E-state index is 12.2. The summed E-state index contributed by atoms with van der Waals surface area (Å²) in [6, 6.07) is 0. The van der Waals surface area contributed by atoms with Crippen molar-refractivity contribution in [2.24, 2.45) is 28.6 Å². The molecule has 25 heavy (non-hydrogen) atoms. The zero-order chi connectivity index (χ0) is 18.2. The minimum absolute atomic E-state index is 0.0668. The molecule has 3 nitrogen and oxygen atoms in total. The molecule has 4 rings (SSSR count). The Morgan fingerprint density at radius 1 is 1.20 bits per heavy atom. The second kappa shape index (κ2) is 5.29. The molecule has 4 aliphatic carbocycles. The van der Waals surface area contributed by atoms with Gasteiger partial charge < -0.3 is 5.11 Å². The van der Waals surface area contributed by atoms with Crippen molar-refractivity contribution in [1.29, 1.82) is 0 Å². The Balaban J connectivity index is 1.80. The van der Waals surface area contributed by atoms with Gasteiger partial charge in [-0.25, -0.2) is 0 Å². The van der Waals surface area contributed by atoms with Gasteiger partial charge >= 0.3 is 0 Å². The predicted octanol–water partition coefficient (Wildman–Crippen LogP) is 4.18. The molecule has 0 amide bonds. The van der Waals surface area contributed by atoms with Crippen LogP contribution in [0.1, 0.15) is 59.3 Å². The van der Waals surface area contributed by atoms with Gasteiger partial charge in [-0.05, 0) is 73.8 Å². The number of fused-ring (bicyclic) bond motifs is 5. The van der Waals surface area contributed by atoms with Crippen molar-refractivity contribution in [3.05, 3.63) is 22.8 Å². The van der Waals surface area contributed by atoms with Crippen molar-refractivity contribution < 1.29 is 14.7 Å². The van der Waals surface area contributed by atoms with Crippen LogP contribution in [0.2, 0.25) is 0 Å². The van der Waals surface area contributed by atoms with E-state index >= 15 is 0 Å². The summed E-state index contributed by atoms with van der Waals surface area (Å²) in [6.45, 7) is 5.88. The first-order valence-corrected chi connectivity index (χ1v) is 9.87. The average molecular weight is 363 g/mol. The molecule has 0 bridgehead atoms. The largest absolute Gasteiger partial charge is 0.382 e. The average Bonchev–Trinajstić information content (AvgIpc) is 2.83. The van der Waals surface area contributed by atoms with E-state index in [-0.39, 0.29) is 34.2 Å². The molecule has 0 aromatic rings. The van der Waals surface area contributed by atoms with E-state index in [0.717, 1.165) is 31.3 Å². The number of hydrogen-bond donors (Lipinski definition) is 1. The Labute approximate surface area is 154 Å². The van der Waals surface area contributed by atoms with Crippen LogP contribution in [0.15, 0.2) is 22.8 Å². The highest BCUT2D eigenvalue weighted by atomic mass is 35.5. The Morgan fingerprint density at radius 2 is 1.88 bits per heavy atom. The molecule has 2 fully saturated rings. The van der Waals surface area contributed by atoms with Gasteiger partial charge in [0.2, 0.25) is 0 Å². The van der Waals surface area contributed by atoms with E-state index in [4.69, 9.17) is 11.6 Å². The smallest absolute Gasteiger partial charge is 0.161 e. The molecule has 0 radical (unpaired) electrons. The van der Waals surface area contributed by atoms with Gasteiger partial charge in [0.05, 0.1) is 0 Å². The lowest BCUT2D eigenvalue weighted by Crippen LogP contribution is -2.56. The van der Waals surface area contributed by atoms with E-state index in [9.17, 15) is 14.7 Å². The SMILES string of the molecule is CC(=O)[C@@]1(O)CC[C@H]2C3C=C(Cl)C4=CC(=O)CCC4(C)[C@H]3CCC21C. The summed E-state index contributed by atoms with van der Waals surface area (Å²) < 4.78 is 0. The number of ketones is 2. The van der Waals surface area contributed by atoms with Crippen LogP contribution in [-0.2, 0) is 9.59 Å². The number of Topliss-reactive ketones (excluding diaryl/α,β-unsaturated/α-hetero) is 1. The summed E-state index contributed by atoms with van der Waals surface area (Å²) in [4.78, 5) is 24.2. The second-order valence-corrected chi connectivity index (χ2v) is 9.57. The van der Waals surface area contributed by atoms with Crippen molar-refractivity contribution in [2.75, 3.05) is 0 Å². The zero-order valence-electron chi connectivity index (χ0n) is 15.3. The summed E-state index contributed by atoms with van der Waals surface area (Å²) in [5.74, 6) is 1.04. The van der Waals surface area contributed by atoms with Crippen LogP contribution < -0.4 is 0 Å². The first kappa shape index (κ1) is 17.5. The third kappa shape index (κ3) is 2.09. The fourth-order valence-electron chi connectivity index (χ4n) is 6.67. The van der Waals surface area contributed by atoms with Crippen molar-refractivity contribution in [3.63, 3.8) is 0 Å². The molecule has 4 aliphatic rings. The molecule has 3 unspecified atom stereocenters. The van der Waals surface area contributed by atoms with Crippen molar-refractivity contribution in [2.45, 2.75) is 64.9 Å². The molecule has 2 saturated carbocycles. The highest BCUT2D eigenvalue weighted by Crippen LogP contribution is 2.67. The molecule has 0 saturated heterocycles. The summed E-state index contributed by atoms with van der Waals surface area (Å²) in [5.41, 5.74) is -0.643. The quantitative estimate of drug-likeness (QED) is 0.761. The lowest BCUT2D eigenvalue weighted by Gasteiger charge is -2.57. The Morgan fingerprint density at radius 3 is 2.56 bits per heavy atom. The van der Waals surface area contributed by atoms with Gasteiger partial charge in [-0.2, -0.15) is 0 Å². The fraction of sp³-hybridized carbons (Fsp3) is 0.714. The minimum Gasteiger partial charge on any atom is -0.382 e. The molecule has 0 spiro atoms. The lowest BCUT2D eigenvalue weighted by atomic mass is 9.48. The highest BCUT2D eigenvalue weighted by Gasteiger charge is 2.65. The maximum Gasteiger partial charge on any atom is 0.161 e. The second-order valence-electron chi connectivity index (χ2n) is 9.16.